The van der Waals surface area contributed by atoms with E-state index in [2.05, 4.69) is 38.5 Å². The fraction of sp³-hybridized carbons (Fsp3) is 0.273. The van der Waals surface area contributed by atoms with Crippen molar-refractivity contribution in [1.29, 1.82) is 0 Å². The molecule has 4 nitrogen and oxygen atoms in total. The summed E-state index contributed by atoms with van der Waals surface area (Å²) in [5, 5.41) is 0.886. The first-order valence-electron chi connectivity index (χ1n) is 4.91. The van der Waals surface area contributed by atoms with Crippen molar-refractivity contribution in [1.82, 2.24) is 14.5 Å². The molecule has 2 rings (SSSR count). The quantitative estimate of drug-likeness (QED) is 0.680. The minimum absolute atomic E-state index is 0.0142. The van der Waals surface area contributed by atoms with Crippen molar-refractivity contribution in [3.05, 3.63) is 16.1 Å². The summed E-state index contributed by atoms with van der Waals surface area (Å²) < 4.78 is 3.01. The predicted molar refractivity (Wildman–Crippen MR) is 72.8 cm³/mol. The number of nitrogen functional groups attached to an aromatic ring is 1. The van der Waals surface area contributed by atoms with Crippen molar-refractivity contribution in [2.45, 2.75) is 19.4 Å². The molecule has 0 aliphatic rings. The summed E-state index contributed by atoms with van der Waals surface area (Å²) in [5.41, 5.74) is 6.64. The van der Waals surface area contributed by atoms with E-state index < -0.39 is 0 Å². The Morgan fingerprint density at radius 2 is 2.38 bits per heavy atom. The van der Waals surface area contributed by atoms with Gasteiger partial charge in [-0.05, 0) is 29.0 Å². The van der Waals surface area contributed by atoms with Crippen LogP contribution in [0.5, 0.6) is 0 Å². The van der Waals surface area contributed by atoms with Crippen LogP contribution in [-0.2, 0) is 0 Å². The van der Waals surface area contributed by atoms with Gasteiger partial charge in [-0.1, -0.05) is 12.8 Å². The zero-order valence-electron chi connectivity index (χ0n) is 8.81. The van der Waals surface area contributed by atoms with E-state index in [1.54, 1.807) is 0 Å². The molecule has 82 valence electrons. The van der Waals surface area contributed by atoms with Crippen LogP contribution in [0.2, 0.25) is 0 Å². The molecule has 0 spiro atoms. The van der Waals surface area contributed by atoms with Gasteiger partial charge in [0.2, 0.25) is 0 Å². The molecule has 2 heterocycles. The van der Waals surface area contributed by atoms with Crippen molar-refractivity contribution in [2.24, 2.45) is 0 Å². The zero-order chi connectivity index (χ0) is 11.7. The van der Waals surface area contributed by atoms with Crippen LogP contribution >= 0.6 is 22.6 Å². The SMILES string of the molecule is C#CC(CC)n1cc(I)c2c(N)ncnc21. The Hall–Kier alpha value is -1.29. The lowest BCUT2D eigenvalue weighted by molar-refractivity contribution is 0.619. The number of aromatic nitrogens is 3. The number of hydrogen-bond donors (Lipinski definition) is 1. The van der Waals surface area contributed by atoms with Gasteiger partial charge in [0.25, 0.3) is 0 Å². The maximum Gasteiger partial charge on any atom is 0.147 e. The average molecular weight is 326 g/mol. The molecular weight excluding hydrogens is 315 g/mol. The third-order valence-electron chi connectivity index (χ3n) is 2.51. The molecule has 0 radical (unpaired) electrons. The molecular formula is C11H11IN4. The van der Waals surface area contributed by atoms with E-state index in [0.29, 0.717) is 5.82 Å². The highest BCUT2D eigenvalue weighted by molar-refractivity contribution is 14.1. The lowest BCUT2D eigenvalue weighted by atomic mass is 10.2. The molecule has 5 heteroatoms. The van der Waals surface area contributed by atoms with Gasteiger partial charge in [0, 0.05) is 9.77 Å². The zero-order valence-corrected chi connectivity index (χ0v) is 11.0. The molecule has 0 aliphatic heterocycles. The molecule has 1 atom stereocenters. The highest BCUT2D eigenvalue weighted by atomic mass is 127. The number of halogens is 1. The van der Waals surface area contributed by atoms with Crippen molar-refractivity contribution < 1.29 is 0 Å². The van der Waals surface area contributed by atoms with Crippen LogP contribution in [0.1, 0.15) is 19.4 Å². The number of rotatable bonds is 2. The van der Waals surface area contributed by atoms with Crippen LogP contribution < -0.4 is 5.73 Å². The Bertz CT molecular complexity index is 567. The molecule has 0 aliphatic carbocycles. The first kappa shape index (κ1) is 11.2. The Balaban J connectivity index is 2.74. The first-order valence-corrected chi connectivity index (χ1v) is 5.99. The second-order valence-electron chi connectivity index (χ2n) is 3.43. The van der Waals surface area contributed by atoms with Gasteiger partial charge in [0.15, 0.2) is 0 Å². The Morgan fingerprint density at radius 3 is 3.00 bits per heavy atom. The summed E-state index contributed by atoms with van der Waals surface area (Å²) in [6.07, 6.45) is 9.81. The fourth-order valence-electron chi connectivity index (χ4n) is 1.69. The summed E-state index contributed by atoms with van der Waals surface area (Å²) in [6.45, 7) is 2.05. The second-order valence-corrected chi connectivity index (χ2v) is 4.59. The van der Waals surface area contributed by atoms with Gasteiger partial charge in [-0.2, -0.15) is 0 Å². The predicted octanol–water partition coefficient (Wildman–Crippen LogP) is 2.20. The molecule has 0 bridgehead atoms. The summed E-state index contributed by atoms with van der Waals surface area (Å²) >= 11 is 2.22. The summed E-state index contributed by atoms with van der Waals surface area (Å²) in [6, 6.07) is 0.0142. The number of terminal acetylenes is 1. The van der Waals surface area contributed by atoms with Crippen LogP contribution in [0.15, 0.2) is 12.5 Å². The molecule has 0 amide bonds. The maximum absolute atomic E-state index is 5.83. The van der Waals surface area contributed by atoms with Gasteiger partial charge in [0.05, 0.1) is 11.4 Å². The monoisotopic (exact) mass is 326 g/mol. The van der Waals surface area contributed by atoms with Gasteiger partial charge in [-0.25, -0.2) is 9.97 Å². The van der Waals surface area contributed by atoms with Gasteiger partial charge in [-0.15, -0.1) is 6.42 Å². The number of anilines is 1. The van der Waals surface area contributed by atoms with E-state index in [1.165, 1.54) is 6.33 Å². The van der Waals surface area contributed by atoms with Crippen LogP contribution in [0.3, 0.4) is 0 Å². The Kier molecular flexibility index (Phi) is 3.01. The molecule has 1 unspecified atom stereocenters. The molecule has 0 saturated heterocycles. The normalized spacial score (nSPS) is 12.6. The van der Waals surface area contributed by atoms with Gasteiger partial charge >= 0.3 is 0 Å². The number of nitrogens with two attached hydrogens (primary N) is 1. The van der Waals surface area contributed by atoms with E-state index >= 15 is 0 Å². The van der Waals surface area contributed by atoms with Gasteiger partial charge in [-0.3, -0.25) is 0 Å². The minimum Gasteiger partial charge on any atom is -0.383 e. The van der Waals surface area contributed by atoms with Gasteiger partial charge < -0.3 is 10.3 Å². The van der Waals surface area contributed by atoms with Crippen LogP contribution in [0.4, 0.5) is 5.82 Å². The number of hydrogen-bond acceptors (Lipinski definition) is 3. The Morgan fingerprint density at radius 1 is 1.62 bits per heavy atom. The minimum atomic E-state index is 0.0142. The smallest absolute Gasteiger partial charge is 0.147 e. The average Bonchev–Trinajstić information content (AvgIpc) is 2.60. The molecule has 0 fully saturated rings. The number of fused-ring (bicyclic) bond motifs is 1. The topological polar surface area (TPSA) is 56.7 Å². The van der Waals surface area contributed by atoms with E-state index in [0.717, 1.165) is 21.0 Å². The van der Waals surface area contributed by atoms with Crippen LogP contribution in [0.25, 0.3) is 11.0 Å². The van der Waals surface area contributed by atoms with Crippen LogP contribution in [-0.4, -0.2) is 14.5 Å². The molecule has 0 aromatic carbocycles. The van der Waals surface area contributed by atoms with E-state index in [9.17, 15) is 0 Å². The van der Waals surface area contributed by atoms with Gasteiger partial charge in [0.1, 0.15) is 17.8 Å². The third-order valence-corrected chi connectivity index (χ3v) is 3.33. The van der Waals surface area contributed by atoms with E-state index in [-0.39, 0.29) is 6.04 Å². The van der Waals surface area contributed by atoms with E-state index in [4.69, 9.17) is 12.2 Å². The molecule has 16 heavy (non-hydrogen) atoms. The van der Waals surface area contributed by atoms with Crippen LogP contribution in [0, 0.1) is 15.9 Å². The molecule has 2 N–H and O–H groups in total. The lowest BCUT2D eigenvalue weighted by Crippen LogP contribution is -2.05. The maximum atomic E-state index is 5.83. The highest BCUT2D eigenvalue weighted by Gasteiger charge is 2.15. The first-order chi connectivity index (χ1) is 7.69. The van der Waals surface area contributed by atoms with Crippen molar-refractivity contribution >= 4 is 39.4 Å². The fourth-order valence-corrected chi connectivity index (χ4v) is 2.51. The highest BCUT2D eigenvalue weighted by Crippen LogP contribution is 2.28. The largest absolute Gasteiger partial charge is 0.383 e. The van der Waals surface area contributed by atoms with E-state index in [1.807, 2.05) is 17.7 Å². The summed E-state index contributed by atoms with van der Waals surface area (Å²) in [4.78, 5) is 8.24. The Labute approximate surface area is 107 Å². The summed E-state index contributed by atoms with van der Waals surface area (Å²) in [7, 11) is 0. The second kappa shape index (κ2) is 4.29. The molecule has 2 aromatic rings. The molecule has 2 aromatic heterocycles. The van der Waals surface area contributed by atoms with Crippen molar-refractivity contribution in [3.63, 3.8) is 0 Å². The third kappa shape index (κ3) is 1.63. The summed E-state index contributed by atoms with van der Waals surface area (Å²) in [5.74, 6) is 3.25. The lowest BCUT2D eigenvalue weighted by Gasteiger charge is -2.10. The standard InChI is InChI=1S/C11H11IN4/c1-3-7(4-2)16-5-8(12)9-10(13)14-6-15-11(9)16/h1,5-7H,4H2,2H3,(H2,13,14,15). The number of nitrogens with zero attached hydrogens (tertiary/aromatic N) is 3. The molecule has 0 saturated carbocycles. The van der Waals surface area contributed by atoms with Crippen molar-refractivity contribution in [2.75, 3.05) is 5.73 Å². The van der Waals surface area contributed by atoms with Crippen molar-refractivity contribution in [3.8, 4) is 12.3 Å².